The van der Waals surface area contributed by atoms with Gasteiger partial charge in [0.2, 0.25) is 11.5 Å². The molecule has 2 aromatic rings. The standard InChI is InChI=1S/C21H18ClF2N3O4/c22-18-13(14(23)3-4-15(18)24)10-25-19(29)21(31)7-8-27(20(21)30)12-2-5-16-11(9-12)1-6-17(28)26-16/h2-5,9,31H,1,6-8,10H2,(H,25,29)(H,26,28)/t21-/m0/s1. The molecule has 1 saturated heterocycles. The van der Waals surface area contributed by atoms with Gasteiger partial charge in [0.05, 0.1) is 5.02 Å². The van der Waals surface area contributed by atoms with E-state index in [1.165, 1.54) is 4.90 Å². The van der Waals surface area contributed by atoms with E-state index in [2.05, 4.69) is 10.6 Å². The normalized spacial score (nSPS) is 20.5. The monoisotopic (exact) mass is 449 g/mol. The van der Waals surface area contributed by atoms with Gasteiger partial charge in [0.15, 0.2) is 0 Å². The molecular formula is C21H18ClF2N3O4. The van der Waals surface area contributed by atoms with E-state index in [1.807, 2.05) is 0 Å². The maximum atomic E-state index is 13.9. The van der Waals surface area contributed by atoms with Crippen LogP contribution in [0.2, 0.25) is 5.02 Å². The van der Waals surface area contributed by atoms with E-state index < -0.39 is 40.6 Å². The zero-order valence-corrected chi connectivity index (χ0v) is 16.9. The lowest BCUT2D eigenvalue weighted by Crippen LogP contribution is -2.52. The van der Waals surface area contributed by atoms with Gasteiger partial charge in [0, 0.05) is 42.9 Å². The number of benzene rings is 2. The van der Waals surface area contributed by atoms with Crippen LogP contribution in [0, 0.1) is 11.6 Å². The second-order valence-corrected chi connectivity index (χ2v) is 7.84. The average molecular weight is 450 g/mol. The molecule has 0 spiro atoms. The molecule has 0 unspecified atom stereocenters. The first-order valence-electron chi connectivity index (χ1n) is 9.58. The summed E-state index contributed by atoms with van der Waals surface area (Å²) in [6, 6.07) is 6.75. The molecule has 2 aromatic carbocycles. The zero-order valence-electron chi connectivity index (χ0n) is 16.2. The summed E-state index contributed by atoms with van der Waals surface area (Å²) in [5, 5.41) is 15.3. The average Bonchev–Trinajstić information content (AvgIpc) is 3.06. The Hall–Kier alpha value is -3.04. The smallest absolute Gasteiger partial charge is 0.268 e. The fraction of sp³-hybridized carbons (Fsp3) is 0.286. The summed E-state index contributed by atoms with van der Waals surface area (Å²) in [6.45, 7) is -0.404. The topological polar surface area (TPSA) is 98.7 Å². The number of nitrogens with one attached hydrogen (secondary N) is 2. The quantitative estimate of drug-likeness (QED) is 0.492. The minimum Gasteiger partial charge on any atom is -0.372 e. The lowest BCUT2D eigenvalue weighted by molar-refractivity contribution is -0.149. The molecule has 4 rings (SSSR count). The Morgan fingerprint density at radius 2 is 1.94 bits per heavy atom. The van der Waals surface area contributed by atoms with E-state index in [1.54, 1.807) is 18.2 Å². The fourth-order valence-corrected chi connectivity index (χ4v) is 3.97. The molecule has 2 aliphatic heterocycles. The van der Waals surface area contributed by atoms with Crippen LogP contribution in [0.15, 0.2) is 30.3 Å². The van der Waals surface area contributed by atoms with Crippen LogP contribution >= 0.6 is 11.6 Å². The number of hydrogen-bond acceptors (Lipinski definition) is 4. The molecule has 0 radical (unpaired) electrons. The summed E-state index contributed by atoms with van der Waals surface area (Å²) in [4.78, 5) is 38.2. The number of fused-ring (bicyclic) bond motifs is 1. The highest BCUT2D eigenvalue weighted by atomic mass is 35.5. The minimum absolute atomic E-state index is 0.0848. The van der Waals surface area contributed by atoms with Gasteiger partial charge in [0.25, 0.3) is 11.8 Å². The minimum atomic E-state index is -2.35. The van der Waals surface area contributed by atoms with Crippen molar-refractivity contribution in [3.8, 4) is 0 Å². The summed E-state index contributed by atoms with van der Waals surface area (Å²) < 4.78 is 27.5. The van der Waals surface area contributed by atoms with Crippen molar-refractivity contribution in [1.82, 2.24) is 5.32 Å². The number of carbonyl (C=O) groups is 3. The van der Waals surface area contributed by atoms with Gasteiger partial charge in [-0.25, -0.2) is 8.78 Å². The van der Waals surface area contributed by atoms with Gasteiger partial charge in [-0.1, -0.05) is 11.6 Å². The number of hydrogen-bond donors (Lipinski definition) is 3. The van der Waals surface area contributed by atoms with Crippen LogP contribution in [0.4, 0.5) is 20.2 Å². The van der Waals surface area contributed by atoms with Gasteiger partial charge in [0.1, 0.15) is 11.6 Å². The zero-order chi connectivity index (χ0) is 22.3. The summed E-state index contributed by atoms with van der Waals surface area (Å²) in [5.74, 6) is -3.60. The second kappa shape index (κ2) is 7.90. The molecule has 1 fully saturated rings. The molecule has 0 aromatic heterocycles. The van der Waals surface area contributed by atoms with E-state index in [4.69, 9.17) is 11.6 Å². The number of carbonyl (C=O) groups excluding carboxylic acids is 3. The Morgan fingerprint density at radius 1 is 1.19 bits per heavy atom. The molecule has 3 N–H and O–H groups in total. The maximum Gasteiger partial charge on any atom is 0.268 e. The highest BCUT2D eigenvalue weighted by molar-refractivity contribution is 6.31. The first-order valence-corrected chi connectivity index (χ1v) is 9.96. The first kappa shape index (κ1) is 21.2. The first-order chi connectivity index (χ1) is 14.7. The number of halogens is 3. The van der Waals surface area contributed by atoms with Crippen molar-refractivity contribution in [3.05, 3.63) is 58.1 Å². The summed E-state index contributed by atoms with van der Waals surface area (Å²) >= 11 is 5.75. The third-order valence-electron chi connectivity index (χ3n) is 5.53. The van der Waals surface area contributed by atoms with Gasteiger partial charge in [-0.3, -0.25) is 14.4 Å². The van der Waals surface area contributed by atoms with Gasteiger partial charge in [-0.15, -0.1) is 0 Å². The molecular weight excluding hydrogens is 432 g/mol. The molecule has 31 heavy (non-hydrogen) atoms. The Kier molecular flexibility index (Phi) is 5.40. The van der Waals surface area contributed by atoms with Gasteiger partial charge in [-0.2, -0.15) is 0 Å². The molecule has 162 valence electrons. The number of aliphatic hydroxyl groups is 1. The maximum absolute atomic E-state index is 13.9. The van der Waals surface area contributed by atoms with E-state index in [9.17, 15) is 28.3 Å². The Labute approximate surface area is 181 Å². The van der Waals surface area contributed by atoms with Crippen LogP contribution in [0.1, 0.15) is 24.0 Å². The van der Waals surface area contributed by atoms with Crippen LogP contribution in [-0.2, 0) is 27.3 Å². The van der Waals surface area contributed by atoms with Crippen molar-refractivity contribution in [2.24, 2.45) is 0 Å². The summed E-state index contributed by atoms with van der Waals surface area (Å²) in [5.41, 5.74) is -0.629. The third-order valence-corrected chi connectivity index (χ3v) is 5.94. The SMILES string of the molecule is O=C1CCc2cc(N3CC[C@](O)(C(=O)NCc4c(F)ccc(F)c4Cl)C3=O)ccc2N1. The number of aryl methyl sites for hydroxylation is 1. The molecule has 0 aliphatic carbocycles. The predicted molar refractivity (Wildman–Crippen MR) is 109 cm³/mol. The van der Waals surface area contributed by atoms with Crippen molar-refractivity contribution in [1.29, 1.82) is 0 Å². The number of nitrogens with zero attached hydrogens (tertiary/aromatic N) is 1. The number of anilines is 2. The Balaban J connectivity index is 1.49. The van der Waals surface area contributed by atoms with Crippen molar-refractivity contribution in [3.63, 3.8) is 0 Å². The van der Waals surface area contributed by atoms with Crippen LogP contribution in [0.3, 0.4) is 0 Å². The highest BCUT2D eigenvalue weighted by Crippen LogP contribution is 2.33. The molecule has 3 amide bonds. The van der Waals surface area contributed by atoms with Crippen LogP contribution in [-0.4, -0.2) is 35.0 Å². The van der Waals surface area contributed by atoms with Gasteiger partial charge in [-0.05, 0) is 42.3 Å². The van der Waals surface area contributed by atoms with E-state index in [-0.39, 0.29) is 24.4 Å². The predicted octanol–water partition coefficient (Wildman–Crippen LogP) is 2.29. The van der Waals surface area contributed by atoms with E-state index in [0.717, 1.165) is 17.7 Å². The lowest BCUT2D eigenvalue weighted by Gasteiger charge is -2.24. The Bertz CT molecular complexity index is 1110. The van der Waals surface area contributed by atoms with Crippen molar-refractivity contribution >= 4 is 40.7 Å². The number of amides is 3. The molecule has 0 bridgehead atoms. The molecule has 7 nitrogen and oxygen atoms in total. The van der Waals surface area contributed by atoms with E-state index >= 15 is 0 Å². The molecule has 2 aliphatic rings. The van der Waals surface area contributed by atoms with Crippen molar-refractivity contribution in [2.75, 3.05) is 16.8 Å². The van der Waals surface area contributed by atoms with Gasteiger partial charge < -0.3 is 20.6 Å². The van der Waals surface area contributed by atoms with E-state index in [0.29, 0.717) is 24.2 Å². The molecule has 0 saturated carbocycles. The highest BCUT2D eigenvalue weighted by Gasteiger charge is 2.51. The van der Waals surface area contributed by atoms with Crippen molar-refractivity contribution < 1.29 is 28.3 Å². The van der Waals surface area contributed by atoms with Crippen molar-refractivity contribution in [2.45, 2.75) is 31.4 Å². The van der Waals surface area contributed by atoms with Gasteiger partial charge >= 0.3 is 0 Å². The molecule has 10 heteroatoms. The van der Waals surface area contributed by atoms with Crippen LogP contribution in [0.5, 0.6) is 0 Å². The lowest BCUT2D eigenvalue weighted by atomic mass is 10.0. The molecule has 2 heterocycles. The fourth-order valence-electron chi connectivity index (χ4n) is 3.75. The van der Waals surface area contributed by atoms with Crippen LogP contribution < -0.4 is 15.5 Å². The third kappa shape index (κ3) is 3.75. The molecule has 1 atom stereocenters. The Morgan fingerprint density at radius 3 is 2.71 bits per heavy atom. The second-order valence-electron chi connectivity index (χ2n) is 7.46. The largest absolute Gasteiger partial charge is 0.372 e. The van der Waals surface area contributed by atoms with Crippen LogP contribution in [0.25, 0.3) is 0 Å². The summed E-state index contributed by atoms with van der Waals surface area (Å²) in [6.07, 6.45) is 0.669. The number of rotatable bonds is 4. The summed E-state index contributed by atoms with van der Waals surface area (Å²) in [7, 11) is 0.